The summed E-state index contributed by atoms with van der Waals surface area (Å²) in [5.41, 5.74) is -0.358. The second-order valence-corrected chi connectivity index (χ2v) is 4.66. The Morgan fingerprint density at radius 1 is 1.41 bits per heavy atom. The maximum absolute atomic E-state index is 12.1. The first kappa shape index (κ1) is 12.7. The monoisotopic (exact) mass is 248 g/mol. The van der Waals surface area contributed by atoms with Crippen LogP contribution in [0.1, 0.15) is 25.7 Å². The molecule has 1 saturated heterocycles. The van der Waals surface area contributed by atoms with E-state index in [0.717, 1.165) is 25.7 Å². The van der Waals surface area contributed by atoms with Crippen LogP contribution in [-0.2, 0) is 9.53 Å². The number of carbonyl (C=O) groups is 1. The number of nitrogens with one attached hydrogen (secondary N) is 1. The molecule has 1 spiro atoms. The Hall–Kier alpha value is -0.750. The number of nitrogens with zero attached hydrogens (tertiary/aromatic N) is 1. The fourth-order valence-electron chi connectivity index (χ4n) is 2.59. The van der Waals surface area contributed by atoms with Crippen LogP contribution in [0.15, 0.2) is 0 Å². The van der Waals surface area contributed by atoms with Crippen molar-refractivity contribution in [1.82, 2.24) is 10.2 Å². The highest BCUT2D eigenvalue weighted by atomic mass is 19.3. The number of rotatable bonds is 5. The van der Waals surface area contributed by atoms with E-state index in [9.17, 15) is 13.6 Å². The van der Waals surface area contributed by atoms with Gasteiger partial charge in [0.25, 0.3) is 6.43 Å². The van der Waals surface area contributed by atoms with Crippen molar-refractivity contribution in [2.24, 2.45) is 0 Å². The van der Waals surface area contributed by atoms with Crippen molar-refractivity contribution in [1.29, 1.82) is 0 Å². The summed E-state index contributed by atoms with van der Waals surface area (Å²) in [5.74, 6) is 0.107. The molecule has 2 fully saturated rings. The molecule has 0 atom stereocenters. The molecule has 1 amide bonds. The first-order valence-corrected chi connectivity index (χ1v) is 6.04. The molecule has 1 heterocycles. The molecule has 1 aliphatic heterocycles. The van der Waals surface area contributed by atoms with Gasteiger partial charge in [0.15, 0.2) is 0 Å². The van der Waals surface area contributed by atoms with Gasteiger partial charge < -0.3 is 9.64 Å². The Morgan fingerprint density at radius 3 is 2.76 bits per heavy atom. The largest absolute Gasteiger partial charge is 0.374 e. The SMILES string of the molecule is O=C1N(CCOCC(F)F)CNC12CCCC2. The van der Waals surface area contributed by atoms with Crippen LogP contribution < -0.4 is 5.32 Å². The molecule has 0 radical (unpaired) electrons. The van der Waals surface area contributed by atoms with Crippen molar-refractivity contribution < 1.29 is 18.3 Å². The van der Waals surface area contributed by atoms with E-state index in [1.165, 1.54) is 0 Å². The van der Waals surface area contributed by atoms with Crippen molar-refractivity contribution in [3.8, 4) is 0 Å². The van der Waals surface area contributed by atoms with E-state index in [2.05, 4.69) is 5.32 Å². The summed E-state index contributed by atoms with van der Waals surface area (Å²) in [7, 11) is 0. The van der Waals surface area contributed by atoms with Gasteiger partial charge in [0.05, 0.1) is 18.8 Å². The molecule has 4 nitrogen and oxygen atoms in total. The van der Waals surface area contributed by atoms with Gasteiger partial charge in [-0.25, -0.2) is 8.78 Å². The number of carbonyl (C=O) groups excluding carboxylic acids is 1. The van der Waals surface area contributed by atoms with Crippen LogP contribution in [0.25, 0.3) is 0 Å². The first-order valence-electron chi connectivity index (χ1n) is 6.04. The van der Waals surface area contributed by atoms with Crippen LogP contribution in [0.3, 0.4) is 0 Å². The molecular weight excluding hydrogens is 230 g/mol. The van der Waals surface area contributed by atoms with Crippen LogP contribution in [0.5, 0.6) is 0 Å². The Labute approximate surface area is 99.3 Å². The van der Waals surface area contributed by atoms with Gasteiger partial charge in [-0.15, -0.1) is 0 Å². The molecule has 0 aromatic heterocycles. The van der Waals surface area contributed by atoms with Gasteiger partial charge in [-0.3, -0.25) is 10.1 Å². The first-order chi connectivity index (χ1) is 8.14. The summed E-state index contributed by atoms with van der Waals surface area (Å²) in [5, 5.41) is 3.25. The maximum Gasteiger partial charge on any atom is 0.261 e. The number of ether oxygens (including phenoxy) is 1. The minimum Gasteiger partial charge on any atom is -0.374 e. The summed E-state index contributed by atoms with van der Waals surface area (Å²) in [6.45, 7) is 0.519. The standard InChI is InChI=1S/C11H18F2N2O2/c12-9(13)7-17-6-5-15-8-14-11(10(15)16)3-1-2-4-11/h9,14H,1-8H2. The van der Waals surface area contributed by atoms with E-state index in [-0.39, 0.29) is 18.1 Å². The maximum atomic E-state index is 12.1. The van der Waals surface area contributed by atoms with E-state index < -0.39 is 13.0 Å². The van der Waals surface area contributed by atoms with Gasteiger partial charge >= 0.3 is 0 Å². The van der Waals surface area contributed by atoms with Gasteiger partial charge in [0.1, 0.15) is 6.61 Å². The molecule has 0 unspecified atom stereocenters. The zero-order valence-electron chi connectivity index (χ0n) is 9.75. The fraction of sp³-hybridized carbons (Fsp3) is 0.909. The van der Waals surface area contributed by atoms with Crippen LogP contribution in [0.2, 0.25) is 0 Å². The van der Waals surface area contributed by atoms with Crippen LogP contribution >= 0.6 is 0 Å². The fourth-order valence-corrected chi connectivity index (χ4v) is 2.59. The zero-order valence-corrected chi connectivity index (χ0v) is 9.75. The molecule has 17 heavy (non-hydrogen) atoms. The van der Waals surface area contributed by atoms with E-state index in [1.807, 2.05) is 0 Å². The Bertz CT molecular complexity index is 281. The van der Waals surface area contributed by atoms with Gasteiger partial charge in [0.2, 0.25) is 5.91 Å². The Morgan fingerprint density at radius 2 is 2.12 bits per heavy atom. The number of alkyl halides is 2. The van der Waals surface area contributed by atoms with Gasteiger partial charge in [-0.05, 0) is 12.8 Å². The minimum atomic E-state index is -2.44. The molecule has 1 saturated carbocycles. The molecule has 0 aromatic rings. The predicted molar refractivity (Wildman–Crippen MR) is 57.7 cm³/mol. The minimum absolute atomic E-state index is 0.107. The predicted octanol–water partition coefficient (Wildman–Crippen LogP) is 0.970. The average Bonchev–Trinajstić information content (AvgIpc) is 2.87. The molecular formula is C11H18F2N2O2. The molecule has 6 heteroatoms. The molecule has 0 aromatic carbocycles. The number of amides is 1. The lowest BCUT2D eigenvalue weighted by molar-refractivity contribution is -0.133. The Balaban J connectivity index is 1.74. The quantitative estimate of drug-likeness (QED) is 0.737. The number of hydrogen-bond donors (Lipinski definition) is 1. The van der Waals surface area contributed by atoms with Crippen LogP contribution in [-0.4, -0.2) is 49.2 Å². The topological polar surface area (TPSA) is 41.6 Å². The lowest BCUT2D eigenvalue weighted by atomic mass is 9.98. The van der Waals surface area contributed by atoms with Crippen molar-refractivity contribution in [3.63, 3.8) is 0 Å². The van der Waals surface area contributed by atoms with Crippen molar-refractivity contribution >= 4 is 5.91 Å². The summed E-state index contributed by atoms with van der Waals surface area (Å²) in [4.78, 5) is 13.8. The lowest BCUT2D eigenvalue weighted by Crippen LogP contribution is -2.44. The van der Waals surface area contributed by atoms with E-state index >= 15 is 0 Å². The number of halogens is 2. The third-order valence-corrected chi connectivity index (χ3v) is 3.51. The normalized spacial score (nSPS) is 23.2. The second-order valence-electron chi connectivity index (χ2n) is 4.66. The average molecular weight is 248 g/mol. The van der Waals surface area contributed by atoms with Crippen molar-refractivity contribution in [2.75, 3.05) is 26.4 Å². The molecule has 0 bridgehead atoms. The second kappa shape index (κ2) is 5.27. The highest BCUT2D eigenvalue weighted by Crippen LogP contribution is 2.34. The van der Waals surface area contributed by atoms with E-state index in [0.29, 0.717) is 13.2 Å². The smallest absolute Gasteiger partial charge is 0.261 e. The van der Waals surface area contributed by atoms with Gasteiger partial charge in [-0.2, -0.15) is 0 Å². The molecule has 2 aliphatic rings. The lowest BCUT2D eigenvalue weighted by Gasteiger charge is -2.21. The zero-order chi connectivity index (χ0) is 12.3. The summed E-state index contributed by atoms with van der Waals surface area (Å²) in [6, 6.07) is 0. The third-order valence-electron chi connectivity index (χ3n) is 3.51. The van der Waals surface area contributed by atoms with Crippen molar-refractivity contribution in [3.05, 3.63) is 0 Å². The summed E-state index contributed by atoms with van der Waals surface area (Å²) >= 11 is 0. The highest BCUT2D eigenvalue weighted by Gasteiger charge is 2.47. The molecule has 2 rings (SSSR count). The van der Waals surface area contributed by atoms with Crippen molar-refractivity contribution in [2.45, 2.75) is 37.6 Å². The molecule has 1 aliphatic carbocycles. The Kier molecular flexibility index (Phi) is 3.93. The van der Waals surface area contributed by atoms with Gasteiger partial charge in [-0.1, -0.05) is 12.8 Å². The molecule has 98 valence electrons. The van der Waals surface area contributed by atoms with Gasteiger partial charge in [0, 0.05) is 6.54 Å². The van der Waals surface area contributed by atoms with E-state index in [1.54, 1.807) is 4.90 Å². The van der Waals surface area contributed by atoms with Crippen LogP contribution in [0.4, 0.5) is 8.78 Å². The molecule has 1 N–H and O–H groups in total. The van der Waals surface area contributed by atoms with E-state index in [4.69, 9.17) is 4.74 Å². The number of hydrogen-bond acceptors (Lipinski definition) is 3. The summed E-state index contributed by atoms with van der Waals surface area (Å²) < 4.78 is 28.5. The summed E-state index contributed by atoms with van der Waals surface area (Å²) in [6.07, 6.45) is 1.49. The highest BCUT2D eigenvalue weighted by molar-refractivity contribution is 5.88. The third kappa shape index (κ3) is 2.74. The van der Waals surface area contributed by atoms with Crippen LogP contribution in [0, 0.1) is 0 Å².